The third-order valence-corrected chi connectivity index (χ3v) is 9.74. The van der Waals surface area contributed by atoms with Crippen molar-refractivity contribution in [2.45, 2.75) is 79.4 Å². The van der Waals surface area contributed by atoms with Crippen molar-refractivity contribution in [1.29, 1.82) is 0 Å². The fraction of sp³-hybridized carbons (Fsp3) is 0.385. The molecule has 0 fully saturated rings. The van der Waals surface area contributed by atoms with Crippen LogP contribution in [0, 0.1) is 11.6 Å². The lowest BCUT2D eigenvalue weighted by atomic mass is 10.1. The van der Waals surface area contributed by atoms with Crippen LogP contribution in [0.1, 0.15) is 77.3 Å². The van der Waals surface area contributed by atoms with Crippen molar-refractivity contribution in [3.05, 3.63) is 132 Å². The van der Waals surface area contributed by atoms with Gasteiger partial charge in [-0.3, -0.25) is 0 Å². The molecule has 2 aromatic heterocycles. The summed E-state index contributed by atoms with van der Waals surface area (Å²) >= 11 is 0. The number of carbonyl (C=O) groups is 2. The molecular formula is C52H60F2N6O12. The van der Waals surface area contributed by atoms with Gasteiger partial charge in [0.25, 0.3) is 11.8 Å². The molecule has 2 unspecified atom stereocenters. The maximum absolute atomic E-state index is 13.2. The third-order valence-electron chi connectivity index (χ3n) is 9.74. The van der Waals surface area contributed by atoms with Gasteiger partial charge in [-0.15, -0.1) is 0 Å². The van der Waals surface area contributed by atoms with Gasteiger partial charge in [-0.05, 0) is 124 Å². The van der Waals surface area contributed by atoms with Crippen molar-refractivity contribution in [2.75, 3.05) is 52.9 Å². The molecule has 0 amide bonds. The lowest BCUT2D eigenvalue weighted by Crippen LogP contribution is -2.29. The summed E-state index contributed by atoms with van der Waals surface area (Å²) in [5, 5.41) is 16.1. The van der Waals surface area contributed by atoms with Gasteiger partial charge in [0, 0.05) is 37.2 Å². The van der Waals surface area contributed by atoms with Crippen LogP contribution in [0.15, 0.2) is 116 Å². The molecule has 4 aromatic carbocycles. The molecule has 0 spiro atoms. The number of aromatic nitrogens is 4. The molecule has 0 saturated heterocycles. The molecule has 6 rings (SSSR count). The van der Waals surface area contributed by atoms with E-state index in [9.17, 15) is 18.4 Å². The molecule has 6 aromatic rings. The zero-order valence-corrected chi connectivity index (χ0v) is 41.2. The first-order chi connectivity index (χ1) is 35.1. The van der Waals surface area contributed by atoms with Crippen molar-refractivity contribution in [2.24, 2.45) is 10.3 Å². The summed E-state index contributed by atoms with van der Waals surface area (Å²) < 4.78 is 70.2. The van der Waals surface area contributed by atoms with Crippen LogP contribution in [0.3, 0.4) is 0 Å². The largest absolute Gasteiger partial charge is 0.487 e. The van der Waals surface area contributed by atoms with Crippen LogP contribution in [0.4, 0.5) is 8.78 Å². The number of benzene rings is 4. The standard InChI is InChI=1S/2C26H30FN3O6/c1-4-15-35-29-22(25-28-24(30-36-25)19-9-11-20(27)12-10-19)17-34-21-13-7-18(8-14-21)16-23(32-5-2)26(31)33-6-3;1-4-14-35-29-22(25-28-24(30-36-25)19-10-12-20(27)13-11-19)17-34-21-9-7-8-18(15-21)16-23(32-5-2)26(31)33-6-3/h7-14,23H,4-6,15-17H2,1-3H3;7-13,15,23H,4-6,14,16-17H2,1-3H3. The van der Waals surface area contributed by atoms with Crippen molar-refractivity contribution in [3.63, 3.8) is 0 Å². The summed E-state index contributed by atoms with van der Waals surface area (Å²) in [6, 6.07) is 26.1. The molecular weight excluding hydrogens is 939 g/mol. The molecule has 2 heterocycles. The molecule has 18 nitrogen and oxygen atoms in total. The second-order valence-electron chi connectivity index (χ2n) is 15.3. The fourth-order valence-electron chi connectivity index (χ4n) is 6.31. The second-order valence-corrected chi connectivity index (χ2v) is 15.3. The van der Waals surface area contributed by atoms with Crippen molar-refractivity contribution in [1.82, 2.24) is 20.3 Å². The molecule has 0 aliphatic rings. The highest BCUT2D eigenvalue weighted by atomic mass is 19.1. The van der Waals surface area contributed by atoms with Crippen molar-refractivity contribution in [3.8, 4) is 34.3 Å². The number of oxime groups is 2. The number of hydrogen-bond acceptors (Lipinski definition) is 18. The Morgan fingerprint density at radius 3 is 1.46 bits per heavy atom. The monoisotopic (exact) mass is 998 g/mol. The Balaban J connectivity index is 0.000000267. The number of carbonyl (C=O) groups excluding carboxylic acids is 2. The van der Waals surface area contributed by atoms with E-state index in [2.05, 4.69) is 30.6 Å². The topological polar surface area (TPSA) is 211 Å². The highest BCUT2D eigenvalue weighted by molar-refractivity contribution is 5.98. The van der Waals surface area contributed by atoms with Gasteiger partial charge in [0.05, 0.1) is 13.2 Å². The summed E-state index contributed by atoms with van der Waals surface area (Å²) in [4.78, 5) is 43.6. The quantitative estimate of drug-likeness (QED) is 0.0194. The third kappa shape index (κ3) is 18.0. The lowest BCUT2D eigenvalue weighted by Gasteiger charge is -2.16. The van der Waals surface area contributed by atoms with E-state index < -0.39 is 18.2 Å². The van der Waals surface area contributed by atoms with Crippen LogP contribution in [-0.4, -0.2) is 109 Å². The van der Waals surface area contributed by atoms with Gasteiger partial charge in [-0.1, -0.05) is 58.7 Å². The van der Waals surface area contributed by atoms with E-state index in [4.69, 9.17) is 47.1 Å². The van der Waals surface area contributed by atoms with Gasteiger partial charge in [0.1, 0.15) is 49.6 Å². The summed E-state index contributed by atoms with van der Waals surface area (Å²) in [6.45, 7) is 13.3. The van der Waals surface area contributed by atoms with E-state index in [1.165, 1.54) is 24.3 Å². The van der Waals surface area contributed by atoms with Crippen LogP contribution in [0.5, 0.6) is 11.5 Å². The zero-order valence-electron chi connectivity index (χ0n) is 41.2. The Hall–Kier alpha value is -7.58. The Labute approximate surface area is 416 Å². The van der Waals surface area contributed by atoms with Crippen LogP contribution >= 0.6 is 0 Å². The maximum Gasteiger partial charge on any atom is 0.335 e. The van der Waals surface area contributed by atoms with Crippen LogP contribution in [0.2, 0.25) is 0 Å². The first-order valence-electron chi connectivity index (χ1n) is 23.6. The Kier molecular flexibility index (Phi) is 23.2. The van der Waals surface area contributed by atoms with Gasteiger partial charge in [0.2, 0.25) is 11.6 Å². The first-order valence-corrected chi connectivity index (χ1v) is 23.6. The molecule has 72 heavy (non-hydrogen) atoms. The predicted octanol–water partition coefficient (Wildman–Crippen LogP) is 9.19. The molecule has 384 valence electrons. The Bertz CT molecular complexity index is 2610. The number of rotatable bonds is 28. The predicted molar refractivity (Wildman–Crippen MR) is 260 cm³/mol. The van der Waals surface area contributed by atoms with Crippen molar-refractivity contribution >= 4 is 23.4 Å². The van der Waals surface area contributed by atoms with Crippen molar-refractivity contribution < 1.29 is 65.5 Å². The van der Waals surface area contributed by atoms with Crippen LogP contribution in [0.25, 0.3) is 22.8 Å². The summed E-state index contributed by atoms with van der Waals surface area (Å²) in [5.41, 5.74) is 3.55. The van der Waals surface area contributed by atoms with Crippen LogP contribution < -0.4 is 9.47 Å². The average Bonchev–Trinajstić information content (AvgIpc) is 4.09. The SMILES string of the molecule is CCCON=C(COc1ccc(CC(OCC)C(=O)OCC)cc1)c1nc(-c2ccc(F)cc2)no1.CCCON=C(COc1cccc(CC(OCC)C(=O)OCC)c1)c1nc(-c2ccc(F)cc2)no1. The summed E-state index contributed by atoms with van der Waals surface area (Å²) in [7, 11) is 0. The zero-order chi connectivity index (χ0) is 51.5. The minimum atomic E-state index is -0.701. The smallest absolute Gasteiger partial charge is 0.335 e. The minimum Gasteiger partial charge on any atom is -0.487 e. The van der Waals surface area contributed by atoms with E-state index in [1.807, 2.05) is 58.0 Å². The highest BCUT2D eigenvalue weighted by Gasteiger charge is 2.23. The molecule has 0 N–H and O–H groups in total. The molecule has 0 bridgehead atoms. The van der Waals surface area contributed by atoms with E-state index in [1.54, 1.807) is 56.3 Å². The number of esters is 2. The minimum absolute atomic E-state index is 0.00894. The van der Waals surface area contributed by atoms with Gasteiger partial charge in [0.15, 0.2) is 23.6 Å². The first kappa shape index (κ1) is 55.3. The Morgan fingerprint density at radius 1 is 0.556 bits per heavy atom. The fourth-order valence-corrected chi connectivity index (χ4v) is 6.31. The lowest BCUT2D eigenvalue weighted by molar-refractivity contribution is -0.157. The van der Waals surface area contributed by atoms with Crippen LogP contribution in [-0.2, 0) is 51.1 Å². The van der Waals surface area contributed by atoms with Gasteiger partial charge in [-0.25, -0.2) is 18.4 Å². The summed E-state index contributed by atoms with van der Waals surface area (Å²) in [6.07, 6.45) is 0.912. The number of ether oxygens (including phenoxy) is 6. The second kappa shape index (κ2) is 30.2. The molecule has 0 aliphatic heterocycles. The normalized spacial score (nSPS) is 12.3. The molecule has 2 atom stereocenters. The number of hydrogen-bond donors (Lipinski definition) is 0. The molecule has 20 heteroatoms. The highest BCUT2D eigenvalue weighted by Crippen LogP contribution is 2.21. The van der Waals surface area contributed by atoms with E-state index in [-0.39, 0.29) is 55.0 Å². The van der Waals surface area contributed by atoms with E-state index in [0.717, 1.165) is 24.0 Å². The molecule has 0 saturated carbocycles. The summed E-state index contributed by atoms with van der Waals surface area (Å²) in [5.74, 6) is 0.469. The van der Waals surface area contributed by atoms with E-state index >= 15 is 0 Å². The Morgan fingerprint density at radius 2 is 1.01 bits per heavy atom. The average molecular weight is 999 g/mol. The maximum atomic E-state index is 13.2. The van der Waals surface area contributed by atoms with Gasteiger partial charge >= 0.3 is 11.9 Å². The van der Waals surface area contributed by atoms with Gasteiger partial charge in [-0.2, -0.15) is 9.97 Å². The molecule has 0 radical (unpaired) electrons. The number of halogens is 2. The van der Waals surface area contributed by atoms with E-state index in [0.29, 0.717) is 85.7 Å². The molecule has 0 aliphatic carbocycles. The van der Waals surface area contributed by atoms with Gasteiger partial charge < -0.3 is 47.1 Å². The number of nitrogens with zero attached hydrogens (tertiary/aromatic N) is 6.